The van der Waals surface area contributed by atoms with Gasteiger partial charge in [0.2, 0.25) is 0 Å². The molecule has 4 nitrogen and oxygen atoms in total. The zero-order valence-corrected chi connectivity index (χ0v) is 29.8. The molecule has 4 aromatic heterocycles. The second-order valence-electron chi connectivity index (χ2n) is 14.2. The molecule has 55 heavy (non-hydrogen) atoms. The summed E-state index contributed by atoms with van der Waals surface area (Å²) in [6.07, 6.45) is 7.51. The standard InChI is InChI=1S/C51H32N4/c1-2-12-38-37(11-1)41-23-19-33(49-25-21-35(31-54-49)47-17-7-9-27-52-47)29-45(41)51(43-15-5-3-13-39(43)40-14-4-6-16-44(40)51)46-30-34(20-24-42(38)46)50-26-22-36(32-55-50)48-18-8-10-28-53-48/h1-32H. The van der Waals surface area contributed by atoms with Crippen LogP contribution in [0.3, 0.4) is 0 Å². The van der Waals surface area contributed by atoms with Crippen molar-refractivity contribution in [1.29, 1.82) is 0 Å². The highest BCUT2D eigenvalue weighted by Crippen LogP contribution is 2.62. The molecule has 4 heteroatoms. The van der Waals surface area contributed by atoms with Gasteiger partial charge in [-0.25, -0.2) is 0 Å². The smallest absolute Gasteiger partial charge is 0.0725 e. The molecule has 0 bridgehead atoms. The van der Waals surface area contributed by atoms with Crippen molar-refractivity contribution in [2.24, 2.45) is 0 Å². The maximum absolute atomic E-state index is 5.02. The SMILES string of the molecule is c1ccc(-c2ccc(-c3ccc4c(c3)C3(c5cc(-c6ccc(-c7ccccn7)cn6)ccc5-c5ccccc5-4)c4ccccc4-c4ccccc43)nc2)nc1. The largest absolute Gasteiger partial charge is 0.256 e. The highest BCUT2D eigenvalue weighted by atomic mass is 14.7. The highest BCUT2D eigenvalue weighted by Gasteiger charge is 2.49. The summed E-state index contributed by atoms with van der Waals surface area (Å²) in [5.74, 6) is 0. The van der Waals surface area contributed by atoms with Gasteiger partial charge in [-0.1, -0.05) is 109 Å². The molecule has 4 heterocycles. The maximum Gasteiger partial charge on any atom is 0.0725 e. The quantitative estimate of drug-likeness (QED) is 0.183. The van der Waals surface area contributed by atoms with Gasteiger partial charge < -0.3 is 0 Å². The molecule has 0 saturated heterocycles. The van der Waals surface area contributed by atoms with Gasteiger partial charge in [0.1, 0.15) is 0 Å². The van der Waals surface area contributed by atoms with Gasteiger partial charge in [0.05, 0.1) is 28.2 Å². The Labute approximate surface area is 319 Å². The summed E-state index contributed by atoms with van der Waals surface area (Å²) in [4.78, 5) is 19.1. The molecule has 5 aromatic carbocycles. The number of nitrogens with zero attached hydrogens (tertiary/aromatic N) is 4. The van der Waals surface area contributed by atoms with Crippen molar-refractivity contribution in [2.45, 2.75) is 5.41 Å². The number of hydrogen-bond donors (Lipinski definition) is 0. The lowest BCUT2D eigenvalue weighted by atomic mass is 9.65. The molecule has 0 atom stereocenters. The van der Waals surface area contributed by atoms with E-state index in [0.717, 1.165) is 45.0 Å². The summed E-state index contributed by atoms with van der Waals surface area (Å²) in [5, 5.41) is 0. The van der Waals surface area contributed by atoms with Crippen molar-refractivity contribution >= 4 is 0 Å². The second-order valence-corrected chi connectivity index (χ2v) is 14.2. The van der Waals surface area contributed by atoms with Crippen LogP contribution in [-0.4, -0.2) is 19.9 Å². The van der Waals surface area contributed by atoms with Crippen LogP contribution < -0.4 is 0 Å². The zero-order chi connectivity index (χ0) is 36.3. The average molecular weight is 701 g/mol. The van der Waals surface area contributed by atoms with Crippen molar-refractivity contribution in [2.75, 3.05) is 0 Å². The lowest BCUT2D eigenvalue weighted by molar-refractivity contribution is 0.776. The van der Waals surface area contributed by atoms with Gasteiger partial charge in [-0.2, -0.15) is 0 Å². The van der Waals surface area contributed by atoms with E-state index in [9.17, 15) is 0 Å². The summed E-state index contributed by atoms with van der Waals surface area (Å²) in [6, 6.07) is 61.1. The molecule has 256 valence electrons. The molecule has 0 aliphatic heterocycles. The van der Waals surface area contributed by atoms with Crippen molar-refractivity contribution in [1.82, 2.24) is 19.9 Å². The molecule has 0 amide bonds. The van der Waals surface area contributed by atoms with Crippen LogP contribution in [0.1, 0.15) is 22.3 Å². The fourth-order valence-corrected chi connectivity index (χ4v) is 8.91. The van der Waals surface area contributed by atoms with E-state index in [1.54, 1.807) is 0 Å². The monoisotopic (exact) mass is 700 g/mol. The second kappa shape index (κ2) is 12.4. The normalized spacial score (nSPS) is 12.9. The third-order valence-corrected chi connectivity index (χ3v) is 11.3. The Kier molecular flexibility index (Phi) is 7.04. The fraction of sp³-hybridized carbons (Fsp3) is 0.0196. The van der Waals surface area contributed by atoms with Gasteiger partial charge in [-0.15, -0.1) is 0 Å². The van der Waals surface area contributed by atoms with Crippen LogP contribution >= 0.6 is 0 Å². The number of fused-ring (bicyclic) bond motifs is 12. The molecule has 11 rings (SSSR count). The van der Waals surface area contributed by atoms with E-state index in [0.29, 0.717) is 0 Å². The maximum atomic E-state index is 5.02. The van der Waals surface area contributed by atoms with E-state index in [1.165, 1.54) is 55.6 Å². The fourth-order valence-electron chi connectivity index (χ4n) is 8.91. The predicted molar refractivity (Wildman–Crippen MR) is 221 cm³/mol. The first kappa shape index (κ1) is 31.2. The summed E-state index contributed by atoms with van der Waals surface area (Å²) in [5.41, 5.74) is 19.5. The first-order valence-electron chi connectivity index (χ1n) is 18.6. The first-order valence-corrected chi connectivity index (χ1v) is 18.6. The molecule has 0 radical (unpaired) electrons. The summed E-state index contributed by atoms with van der Waals surface area (Å²) in [7, 11) is 0. The molecule has 1 spiro atoms. The van der Waals surface area contributed by atoms with Gasteiger partial charge in [-0.3, -0.25) is 19.9 Å². The van der Waals surface area contributed by atoms with Crippen LogP contribution in [-0.2, 0) is 5.41 Å². The lowest BCUT2D eigenvalue weighted by Crippen LogP contribution is -2.29. The molecular weight excluding hydrogens is 669 g/mol. The molecular formula is C51H32N4. The third kappa shape index (κ3) is 4.78. The third-order valence-electron chi connectivity index (χ3n) is 11.3. The van der Waals surface area contributed by atoms with Crippen LogP contribution in [0.2, 0.25) is 0 Å². The number of pyridine rings is 4. The number of benzene rings is 5. The molecule has 0 N–H and O–H groups in total. The summed E-state index contributed by atoms with van der Waals surface area (Å²) < 4.78 is 0. The van der Waals surface area contributed by atoms with Crippen LogP contribution in [0.25, 0.3) is 78.4 Å². The lowest BCUT2D eigenvalue weighted by Gasteiger charge is -2.36. The van der Waals surface area contributed by atoms with E-state index >= 15 is 0 Å². The van der Waals surface area contributed by atoms with Gasteiger partial charge in [0, 0.05) is 47.0 Å². The van der Waals surface area contributed by atoms with Crippen molar-refractivity contribution < 1.29 is 0 Å². The minimum atomic E-state index is -0.634. The van der Waals surface area contributed by atoms with Crippen LogP contribution in [0.15, 0.2) is 195 Å². The van der Waals surface area contributed by atoms with E-state index in [1.807, 2.05) is 61.2 Å². The Bertz CT molecular complexity index is 2700. The average Bonchev–Trinajstić information content (AvgIpc) is 3.52. The van der Waals surface area contributed by atoms with Crippen LogP contribution in [0.5, 0.6) is 0 Å². The van der Waals surface area contributed by atoms with E-state index in [2.05, 4.69) is 143 Å². The summed E-state index contributed by atoms with van der Waals surface area (Å²) in [6.45, 7) is 0. The van der Waals surface area contributed by atoms with Gasteiger partial charge in [0.25, 0.3) is 0 Å². The molecule has 0 saturated carbocycles. The minimum Gasteiger partial charge on any atom is -0.256 e. The van der Waals surface area contributed by atoms with E-state index in [-0.39, 0.29) is 0 Å². The van der Waals surface area contributed by atoms with E-state index < -0.39 is 5.41 Å². The van der Waals surface area contributed by atoms with E-state index in [4.69, 9.17) is 9.97 Å². The van der Waals surface area contributed by atoms with Crippen LogP contribution in [0.4, 0.5) is 0 Å². The Balaban J connectivity index is 1.19. The van der Waals surface area contributed by atoms with Crippen molar-refractivity contribution in [3.05, 3.63) is 217 Å². The van der Waals surface area contributed by atoms with Gasteiger partial charge in [-0.05, 0) is 116 Å². The zero-order valence-electron chi connectivity index (χ0n) is 29.8. The molecule has 9 aromatic rings. The van der Waals surface area contributed by atoms with Crippen LogP contribution in [0, 0.1) is 0 Å². The predicted octanol–water partition coefficient (Wildman–Crippen LogP) is 11.9. The first-order chi connectivity index (χ1) is 27.3. The minimum absolute atomic E-state index is 0.634. The molecule has 2 aliphatic rings. The topological polar surface area (TPSA) is 51.6 Å². The van der Waals surface area contributed by atoms with Gasteiger partial charge >= 0.3 is 0 Å². The Morgan fingerprint density at radius 3 is 1.07 bits per heavy atom. The highest BCUT2D eigenvalue weighted by molar-refractivity contribution is 5.98. The Morgan fingerprint density at radius 1 is 0.273 bits per heavy atom. The summed E-state index contributed by atoms with van der Waals surface area (Å²) >= 11 is 0. The van der Waals surface area contributed by atoms with Gasteiger partial charge in [0.15, 0.2) is 0 Å². The Hall–Kier alpha value is -7.30. The molecule has 0 unspecified atom stereocenters. The number of rotatable bonds is 4. The number of hydrogen-bond acceptors (Lipinski definition) is 4. The molecule has 0 fully saturated rings. The Morgan fingerprint density at radius 2 is 0.655 bits per heavy atom. The molecule has 2 aliphatic carbocycles. The van der Waals surface area contributed by atoms with Crippen molar-refractivity contribution in [3.8, 4) is 78.4 Å². The number of aromatic nitrogens is 4. The van der Waals surface area contributed by atoms with Crippen molar-refractivity contribution in [3.63, 3.8) is 0 Å².